The van der Waals surface area contributed by atoms with Crippen molar-refractivity contribution in [3.63, 3.8) is 0 Å². The lowest BCUT2D eigenvalue weighted by Gasteiger charge is -2.16. The van der Waals surface area contributed by atoms with Crippen LogP contribution in [0.3, 0.4) is 0 Å². The third-order valence-electron chi connectivity index (χ3n) is 2.85. The van der Waals surface area contributed by atoms with E-state index in [1.807, 2.05) is 0 Å². The number of alkyl halides is 1. The Hall–Kier alpha value is -0.910. The highest BCUT2D eigenvalue weighted by atomic mass is 79.9. The van der Waals surface area contributed by atoms with Gasteiger partial charge in [0.2, 0.25) is 5.83 Å². The van der Waals surface area contributed by atoms with Crippen LogP contribution < -0.4 is 0 Å². The quantitative estimate of drug-likeness (QED) is 0.428. The number of hydrogen-bond acceptors (Lipinski definition) is 4. The van der Waals surface area contributed by atoms with E-state index in [9.17, 15) is 14.0 Å². The van der Waals surface area contributed by atoms with Crippen molar-refractivity contribution in [2.45, 2.75) is 26.7 Å². The molecule has 0 aromatic heterocycles. The molecule has 0 aliphatic heterocycles. The molecule has 0 N–H and O–H groups in total. The topological polar surface area (TPSA) is 52.6 Å². The van der Waals surface area contributed by atoms with Gasteiger partial charge in [-0.25, -0.2) is 4.79 Å². The largest absolute Gasteiger partial charge is 0.465 e. The fourth-order valence-electron chi connectivity index (χ4n) is 1.74. The minimum atomic E-state index is -1.03. The van der Waals surface area contributed by atoms with Crippen molar-refractivity contribution in [3.8, 4) is 0 Å². The molecule has 0 atom stereocenters. The Morgan fingerprint density at radius 2 is 1.78 bits per heavy atom. The molecule has 102 valence electrons. The highest BCUT2D eigenvalue weighted by Gasteiger charge is 2.55. The van der Waals surface area contributed by atoms with Gasteiger partial charge in [0.15, 0.2) is 0 Å². The molecule has 4 nitrogen and oxygen atoms in total. The number of carbonyl (C=O) groups is 2. The molecule has 0 amide bonds. The zero-order valence-electron chi connectivity index (χ0n) is 10.4. The first-order valence-corrected chi connectivity index (χ1v) is 6.95. The number of ether oxygens (including phenoxy) is 2. The first kappa shape index (κ1) is 15.1. The first-order valence-electron chi connectivity index (χ1n) is 5.82. The standard InChI is InChI=1S/C12H16BrFO4/c1-3-17-10(15)9(14)8(7-13)12(5-6-12)11(16)18-4-2/h3-7H2,1-2H3/b9-8+. The molecule has 0 spiro atoms. The van der Waals surface area contributed by atoms with Crippen molar-refractivity contribution >= 4 is 27.9 Å². The minimum absolute atomic E-state index is 0.0915. The molecule has 0 heterocycles. The van der Waals surface area contributed by atoms with Gasteiger partial charge in [0.25, 0.3) is 0 Å². The van der Waals surface area contributed by atoms with E-state index in [-0.39, 0.29) is 24.1 Å². The molecule has 0 saturated heterocycles. The zero-order chi connectivity index (χ0) is 13.8. The van der Waals surface area contributed by atoms with Crippen LogP contribution in [-0.2, 0) is 19.1 Å². The number of rotatable bonds is 6. The molecule has 0 aromatic carbocycles. The predicted octanol–water partition coefficient (Wildman–Crippen LogP) is 2.51. The van der Waals surface area contributed by atoms with Gasteiger partial charge in [0.1, 0.15) is 0 Å². The lowest BCUT2D eigenvalue weighted by molar-refractivity contribution is -0.148. The Kier molecular flexibility index (Phi) is 5.31. The summed E-state index contributed by atoms with van der Waals surface area (Å²) in [6, 6.07) is 0. The van der Waals surface area contributed by atoms with Gasteiger partial charge in [0.05, 0.1) is 18.6 Å². The molecule has 1 saturated carbocycles. The summed E-state index contributed by atoms with van der Waals surface area (Å²) in [6.45, 7) is 3.61. The third kappa shape index (κ3) is 2.91. The van der Waals surface area contributed by atoms with Crippen LogP contribution in [0.15, 0.2) is 11.4 Å². The van der Waals surface area contributed by atoms with E-state index in [0.29, 0.717) is 12.8 Å². The number of hydrogen-bond donors (Lipinski definition) is 0. The Morgan fingerprint density at radius 1 is 1.22 bits per heavy atom. The molecule has 18 heavy (non-hydrogen) atoms. The Morgan fingerprint density at radius 3 is 2.17 bits per heavy atom. The summed E-state index contributed by atoms with van der Waals surface area (Å²) in [7, 11) is 0. The van der Waals surface area contributed by atoms with Crippen LogP contribution in [0.5, 0.6) is 0 Å². The molecular formula is C12H16BrFO4. The third-order valence-corrected chi connectivity index (χ3v) is 3.41. The van der Waals surface area contributed by atoms with E-state index >= 15 is 0 Å². The van der Waals surface area contributed by atoms with Gasteiger partial charge in [-0.2, -0.15) is 4.39 Å². The average Bonchev–Trinajstić information content (AvgIpc) is 3.12. The number of carbonyl (C=O) groups excluding carboxylic acids is 2. The molecular weight excluding hydrogens is 307 g/mol. The molecule has 0 unspecified atom stereocenters. The van der Waals surface area contributed by atoms with E-state index in [2.05, 4.69) is 20.7 Å². The van der Waals surface area contributed by atoms with Gasteiger partial charge in [-0.15, -0.1) is 0 Å². The molecule has 1 fully saturated rings. The fourth-order valence-corrected chi connectivity index (χ4v) is 2.52. The minimum Gasteiger partial charge on any atom is -0.465 e. The van der Waals surface area contributed by atoms with E-state index in [4.69, 9.17) is 4.74 Å². The predicted molar refractivity (Wildman–Crippen MR) is 66.9 cm³/mol. The maximum absolute atomic E-state index is 14.0. The van der Waals surface area contributed by atoms with Crippen LogP contribution >= 0.6 is 15.9 Å². The average molecular weight is 323 g/mol. The van der Waals surface area contributed by atoms with Crippen molar-refractivity contribution < 1.29 is 23.5 Å². The summed E-state index contributed by atoms with van der Waals surface area (Å²) in [4.78, 5) is 23.2. The Bertz CT molecular complexity index is 374. The summed E-state index contributed by atoms with van der Waals surface area (Å²) in [5, 5.41) is 0.108. The Labute approximate surface area is 114 Å². The molecule has 1 aliphatic carbocycles. The fraction of sp³-hybridized carbons (Fsp3) is 0.667. The molecule has 6 heteroatoms. The lowest BCUT2D eigenvalue weighted by Crippen LogP contribution is -2.24. The summed E-state index contributed by atoms with van der Waals surface area (Å²) in [5.41, 5.74) is -0.851. The molecule has 0 bridgehead atoms. The smallest absolute Gasteiger partial charge is 0.367 e. The normalized spacial score (nSPS) is 17.8. The van der Waals surface area contributed by atoms with Crippen LogP contribution in [0, 0.1) is 5.41 Å². The van der Waals surface area contributed by atoms with Crippen LogP contribution in [0.4, 0.5) is 4.39 Å². The van der Waals surface area contributed by atoms with Crippen molar-refractivity contribution in [2.24, 2.45) is 5.41 Å². The maximum Gasteiger partial charge on any atom is 0.367 e. The molecule has 0 aromatic rings. The monoisotopic (exact) mass is 322 g/mol. The van der Waals surface area contributed by atoms with Gasteiger partial charge >= 0.3 is 11.9 Å². The van der Waals surface area contributed by atoms with E-state index in [1.165, 1.54) is 0 Å². The summed E-state index contributed by atoms with van der Waals surface area (Å²) in [5.74, 6) is -2.49. The molecule has 0 radical (unpaired) electrons. The summed E-state index contributed by atoms with van der Waals surface area (Å²) in [6.07, 6.45) is 0.999. The van der Waals surface area contributed by atoms with Crippen LogP contribution in [0.25, 0.3) is 0 Å². The SMILES string of the molecule is CCOC(=O)/C(F)=C(/CBr)C1(C(=O)OCC)CC1. The van der Waals surface area contributed by atoms with Crippen molar-refractivity contribution in [3.05, 3.63) is 11.4 Å². The van der Waals surface area contributed by atoms with Gasteiger partial charge in [-0.1, -0.05) is 15.9 Å². The van der Waals surface area contributed by atoms with E-state index in [0.717, 1.165) is 0 Å². The van der Waals surface area contributed by atoms with Crippen LogP contribution in [0.1, 0.15) is 26.7 Å². The zero-order valence-corrected chi connectivity index (χ0v) is 12.0. The number of halogens is 2. The maximum atomic E-state index is 14.0. The summed E-state index contributed by atoms with van der Waals surface area (Å²) >= 11 is 3.12. The first-order chi connectivity index (χ1) is 8.53. The van der Waals surface area contributed by atoms with Crippen LogP contribution in [0.2, 0.25) is 0 Å². The second-order valence-corrected chi connectivity index (χ2v) is 4.51. The van der Waals surface area contributed by atoms with Gasteiger partial charge in [0, 0.05) is 10.9 Å². The van der Waals surface area contributed by atoms with Crippen molar-refractivity contribution in [1.29, 1.82) is 0 Å². The van der Waals surface area contributed by atoms with Gasteiger partial charge < -0.3 is 9.47 Å². The van der Waals surface area contributed by atoms with Gasteiger partial charge in [-0.05, 0) is 26.7 Å². The van der Waals surface area contributed by atoms with Crippen molar-refractivity contribution in [2.75, 3.05) is 18.5 Å². The lowest BCUT2D eigenvalue weighted by atomic mass is 9.96. The number of esters is 2. The van der Waals surface area contributed by atoms with E-state index < -0.39 is 23.2 Å². The second-order valence-electron chi connectivity index (χ2n) is 3.95. The second kappa shape index (κ2) is 6.31. The van der Waals surface area contributed by atoms with E-state index in [1.54, 1.807) is 13.8 Å². The highest BCUT2D eigenvalue weighted by molar-refractivity contribution is 9.09. The Balaban J connectivity index is 2.99. The summed E-state index contributed by atoms with van der Waals surface area (Å²) < 4.78 is 23.5. The van der Waals surface area contributed by atoms with Crippen LogP contribution in [-0.4, -0.2) is 30.5 Å². The van der Waals surface area contributed by atoms with Gasteiger partial charge in [-0.3, -0.25) is 4.79 Å². The molecule has 1 rings (SSSR count). The molecule has 1 aliphatic rings. The van der Waals surface area contributed by atoms with Crippen molar-refractivity contribution in [1.82, 2.24) is 0 Å². The highest BCUT2D eigenvalue weighted by Crippen LogP contribution is 2.54.